The van der Waals surface area contributed by atoms with E-state index < -0.39 is 0 Å². The first-order valence-electron chi connectivity index (χ1n) is 6.00. The van der Waals surface area contributed by atoms with Crippen molar-refractivity contribution in [3.8, 4) is 11.5 Å². The molecule has 0 spiro atoms. The van der Waals surface area contributed by atoms with Gasteiger partial charge in [0.2, 0.25) is 0 Å². The zero-order chi connectivity index (χ0) is 13.8. The van der Waals surface area contributed by atoms with Crippen molar-refractivity contribution < 1.29 is 9.84 Å². The first-order chi connectivity index (χ1) is 9.11. The highest BCUT2D eigenvalue weighted by Gasteiger charge is 2.10. The maximum absolute atomic E-state index is 9.81. The predicted molar refractivity (Wildman–Crippen MR) is 78.1 cm³/mol. The smallest absolute Gasteiger partial charge is 0.137 e. The van der Waals surface area contributed by atoms with Crippen molar-refractivity contribution in [3.05, 3.63) is 53.1 Å². The van der Waals surface area contributed by atoms with E-state index in [9.17, 15) is 5.11 Å². The zero-order valence-electron chi connectivity index (χ0n) is 10.9. The molecule has 2 aromatic rings. The molecule has 1 atom stereocenters. The average molecular weight is 278 g/mol. The SMILES string of the molecule is COc1ccc(NC(C)c2ccccc2O)cc1Cl. The van der Waals surface area contributed by atoms with Crippen LogP contribution in [0.15, 0.2) is 42.5 Å². The van der Waals surface area contributed by atoms with Gasteiger partial charge in [0.15, 0.2) is 0 Å². The molecule has 4 heteroatoms. The Bertz CT molecular complexity index is 572. The van der Waals surface area contributed by atoms with Crippen LogP contribution in [0.25, 0.3) is 0 Å². The Morgan fingerprint density at radius 1 is 1.21 bits per heavy atom. The molecule has 2 aromatic carbocycles. The number of hydrogen-bond acceptors (Lipinski definition) is 3. The van der Waals surface area contributed by atoms with Gasteiger partial charge in [-0.1, -0.05) is 29.8 Å². The lowest BCUT2D eigenvalue weighted by molar-refractivity contribution is 0.415. The number of rotatable bonds is 4. The molecule has 100 valence electrons. The Balaban J connectivity index is 2.17. The molecule has 0 heterocycles. The van der Waals surface area contributed by atoms with E-state index in [0.717, 1.165) is 11.3 Å². The molecule has 0 radical (unpaired) electrons. The quantitative estimate of drug-likeness (QED) is 0.879. The van der Waals surface area contributed by atoms with Crippen LogP contribution in [0.5, 0.6) is 11.5 Å². The third-order valence-corrected chi connectivity index (χ3v) is 3.23. The van der Waals surface area contributed by atoms with Gasteiger partial charge < -0.3 is 15.2 Å². The lowest BCUT2D eigenvalue weighted by atomic mass is 10.1. The molecule has 1 unspecified atom stereocenters. The highest BCUT2D eigenvalue weighted by Crippen LogP contribution is 2.30. The second-order valence-corrected chi connectivity index (χ2v) is 4.68. The molecule has 0 aromatic heterocycles. The van der Waals surface area contributed by atoms with Crippen molar-refractivity contribution in [2.24, 2.45) is 0 Å². The number of halogens is 1. The number of phenolic OH excluding ortho intramolecular Hbond substituents is 1. The lowest BCUT2D eigenvalue weighted by Gasteiger charge is -2.17. The molecule has 0 aliphatic rings. The van der Waals surface area contributed by atoms with Crippen molar-refractivity contribution in [2.75, 3.05) is 12.4 Å². The summed E-state index contributed by atoms with van der Waals surface area (Å²) in [5.41, 5.74) is 1.72. The summed E-state index contributed by atoms with van der Waals surface area (Å²) in [5.74, 6) is 0.921. The van der Waals surface area contributed by atoms with E-state index in [4.69, 9.17) is 16.3 Å². The number of ether oxygens (including phenoxy) is 1. The topological polar surface area (TPSA) is 41.5 Å². The molecular weight excluding hydrogens is 262 g/mol. The van der Waals surface area contributed by atoms with Gasteiger partial charge in [-0.3, -0.25) is 0 Å². The third kappa shape index (κ3) is 3.12. The van der Waals surface area contributed by atoms with Crippen molar-refractivity contribution in [2.45, 2.75) is 13.0 Å². The number of phenols is 1. The van der Waals surface area contributed by atoms with Gasteiger partial charge >= 0.3 is 0 Å². The van der Waals surface area contributed by atoms with Crippen molar-refractivity contribution in [1.29, 1.82) is 0 Å². The van der Waals surface area contributed by atoms with Gasteiger partial charge in [-0.2, -0.15) is 0 Å². The molecule has 0 saturated carbocycles. The Labute approximate surface area is 117 Å². The summed E-state index contributed by atoms with van der Waals surface area (Å²) >= 11 is 6.08. The van der Waals surface area contributed by atoms with Crippen LogP contribution in [0.1, 0.15) is 18.5 Å². The minimum absolute atomic E-state index is 0.0225. The van der Waals surface area contributed by atoms with Crippen molar-refractivity contribution >= 4 is 17.3 Å². The van der Waals surface area contributed by atoms with Crippen LogP contribution >= 0.6 is 11.6 Å². The fraction of sp³-hybridized carbons (Fsp3) is 0.200. The van der Waals surface area contributed by atoms with Crippen LogP contribution in [0.3, 0.4) is 0 Å². The zero-order valence-corrected chi connectivity index (χ0v) is 11.6. The maximum Gasteiger partial charge on any atom is 0.137 e. The molecule has 3 nitrogen and oxygen atoms in total. The number of benzene rings is 2. The van der Waals surface area contributed by atoms with Crippen LogP contribution in [-0.4, -0.2) is 12.2 Å². The van der Waals surface area contributed by atoms with E-state index in [0.29, 0.717) is 10.8 Å². The van der Waals surface area contributed by atoms with Gasteiger partial charge in [-0.05, 0) is 31.2 Å². The van der Waals surface area contributed by atoms with Crippen LogP contribution in [0.2, 0.25) is 5.02 Å². The van der Waals surface area contributed by atoms with E-state index >= 15 is 0 Å². The van der Waals surface area contributed by atoms with E-state index in [1.54, 1.807) is 25.3 Å². The third-order valence-electron chi connectivity index (χ3n) is 2.94. The van der Waals surface area contributed by atoms with Crippen LogP contribution < -0.4 is 10.1 Å². The summed E-state index contributed by atoms with van der Waals surface area (Å²) in [5, 5.41) is 13.7. The van der Waals surface area contributed by atoms with Crippen LogP contribution in [-0.2, 0) is 0 Å². The number of methoxy groups -OCH3 is 1. The van der Waals surface area contributed by atoms with Gasteiger partial charge in [0.05, 0.1) is 18.2 Å². The van der Waals surface area contributed by atoms with E-state index in [2.05, 4.69) is 5.32 Å². The molecule has 0 amide bonds. The summed E-state index contributed by atoms with van der Waals surface area (Å²) in [4.78, 5) is 0. The second-order valence-electron chi connectivity index (χ2n) is 4.27. The van der Waals surface area contributed by atoms with Gasteiger partial charge in [0.1, 0.15) is 11.5 Å². The van der Waals surface area contributed by atoms with E-state index in [-0.39, 0.29) is 11.8 Å². The number of anilines is 1. The molecular formula is C15H16ClNO2. The highest BCUT2D eigenvalue weighted by molar-refractivity contribution is 6.32. The monoisotopic (exact) mass is 277 g/mol. The summed E-state index contributed by atoms with van der Waals surface area (Å²) in [6.45, 7) is 1.98. The second kappa shape index (κ2) is 5.85. The van der Waals surface area contributed by atoms with Crippen LogP contribution in [0.4, 0.5) is 5.69 Å². The van der Waals surface area contributed by atoms with E-state index in [1.807, 2.05) is 31.2 Å². The first-order valence-corrected chi connectivity index (χ1v) is 6.37. The summed E-state index contributed by atoms with van der Waals surface area (Å²) in [6.07, 6.45) is 0. The first kappa shape index (κ1) is 13.6. The fourth-order valence-electron chi connectivity index (χ4n) is 1.94. The van der Waals surface area contributed by atoms with Gasteiger partial charge in [-0.25, -0.2) is 0 Å². The summed E-state index contributed by atoms with van der Waals surface area (Å²) < 4.78 is 5.11. The summed E-state index contributed by atoms with van der Waals surface area (Å²) in [6, 6.07) is 12.7. The molecule has 0 bridgehead atoms. The minimum atomic E-state index is -0.0225. The Hall–Kier alpha value is -1.87. The molecule has 2 N–H and O–H groups in total. The summed E-state index contributed by atoms with van der Waals surface area (Å²) in [7, 11) is 1.58. The van der Waals surface area contributed by atoms with Gasteiger partial charge in [-0.15, -0.1) is 0 Å². The van der Waals surface area contributed by atoms with E-state index in [1.165, 1.54) is 0 Å². The standard InChI is InChI=1S/C15H16ClNO2/c1-10(12-5-3-4-6-14(12)18)17-11-7-8-15(19-2)13(16)9-11/h3-10,17-18H,1-2H3. The van der Waals surface area contributed by atoms with Gasteiger partial charge in [0, 0.05) is 11.3 Å². The normalized spacial score (nSPS) is 11.9. The maximum atomic E-state index is 9.81. The molecule has 0 aliphatic carbocycles. The number of para-hydroxylation sites is 1. The molecule has 0 saturated heterocycles. The van der Waals surface area contributed by atoms with Crippen molar-refractivity contribution in [1.82, 2.24) is 0 Å². The predicted octanol–water partition coefficient (Wildman–Crippen LogP) is 4.23. The largest absolute Gasteiger partial charge is 0.508 e. The number of hydrogen-bond donors (Lipinski definition) is 2. The molecule has 2 rings (SSSR count). The average Bonchev–Trinajstić information content (AvgIpc) is 2.39. The molecule has 19 heavy (non-hydrogen) atoms. The van der Waals surface area contributed by atoms with Gasteiger partial charge in [0.25, 0.3) is 0 Å². The fourth-order valence-corrected chi connectivity index (χ4v) is 2.20. The number of nitrogens with one attached hydrogen (secondary N) is 1. The lowest BCUT2D eigenvalue weighted by Crippen LogP contribution is -2.06. The molecule has 0 aliphatic heterocycles. The van der Waals surface area contributed by atoms with Crippen molar-refractivity contribution in [3.63, 3.8) is 0 Å². The highest BCUT2D eigenvalue weighted by atomic mass is 35.5. The number of aromatic hydroxyl groups is 1. The Morgan fingerprint density at radius 3 is 2.58 bits per heavy atom. The van der Waals surface area contributed by atoms with Crippen LogP contribution in [0, 0.1) is 0 Å². The minimum Gasteiger partial charge on any atom is -0.508 e. The Morgan fingerprint density at radius 2 is 1.95 bits per heavy atom. The molecule has 0 fully saturated rings. The Kier molecular flexibility index (Phi) is 4.17.